The van der Waals surface area contributed by atoms with E-state index in [9.17, 15) is 9.59 Å². The Morgan fingerprint density at radius 3 is 2.25 bits per heavy atom. The summed E-state index contributed by atoms with van der Waals surface area (Å²) >= 11 is 0. The normalized spacial score (nSPS) is 14.8. The van der Waals surface area contributed by atoms with Crippen molar-refractivity contribution in [3.63, 3.8) is 0 Å². The number of nitrogens with one attached hydrogen (secondary N) is 2. The van der Waals surface area contributed by atoms with Crippen LogP contribution in [0.3, 0.4) is 0 Å². The van der Waals surface area contributed by atoms with Gasteiger partial charge in [0.1, 0.15) is 6.04 Å². The molecule has 0 radical (unpaired) electrons. The van der Waals surface area contributed by atoms with Crippen molar-refractivity contribution in [2.75, 3.05) is 20.1 Å². The van der Waals surface area contributed by atoms with E-state index in [1.807, 2.05) is 7.05 Å². The molecule has 1 unspecified atom stereocenters. The van der Waals surface area contributed by atoms with Crippen LogP contribution in [0.25, 0.3) is 0 Å². The zero-order valence-electron chi connectivity index (χ0n) is 13.5. The Bertz CT molecular complexity index is 326. The topological polar surface area (TPSA) is 81.7 Å². The van der Waals surface area contributed by atoms with Gasteiger partial charge in [-0.05, 0) is 25.8 Å². The second-order valence-electron chi connectivity index (χ2n) is 6.28. The zero-order valence-corrected chi connectivity index (χ0v) is 13.5. The largest absolute Gasteiger partial charge is 0.480 e. The molecular weight excluding hydrogens is 258 g/mol. The second-order valence-corrected chi connectivity index (χ2v) is 6.28. The van der Waals surface area contributed by atoms with Crippen LogP contribution >= 0.6 is 0 Å². The van der Waals surface area contributed by atoms with Crippen LogP contribution in [0.15, 0.2) is 0 Å². The number of aliphatic carboxylic acids is 1. The van der Waals surface area contributed by atoms with Crippen molar-refractivity contribution in [3.8, 4) is 0 Å². The quantitative estimate of drug-likeness (QED) is 0.663. The van der Waals surface area contributed by atoms with Crippen molar-refractivity contribution in [2.24, 2.45) is 5.41 Å². The molecule has 0 aromatic heterocycles. The van der Waals surface area contributed by atoms with Gasteiger partial charge in [-0.25, -0.2) is 9.59 Å². The van der Waals surface area contributed by atoms with Gasteiger partial charge in [-0.15, -0.1) is 0 Å². The summed E-state index contributed by atoms with van der Waals surface area (Å²) in [5, 5.41) is 14.3. The number of carboxylic acid groups (broad SMARTS) is 1. The third-order valence-electron chi connectivity index (χ3n) is 3.48. The van der Waals surface area contributed by atoms with Gasteiger partial charge in [0.15, 0.2) is 0 Å². The zero-order chi connectivity index (χ0) is 15.9. The minimum Gasteiger partial charge on any atom is -0.480 e. The fourth-order valence-electron chi connectivity index (χ4n) is 1.71. The number of amides is 2. The average molecular weight is 287 g/mol. The fraction of sp³-hybridized carbons (Fsp3) is 0.857. The van der Waals surface area contributed by atoms with Crippen LogP contribution in [-0.2, 0) is 4.79 Å². The number of hydrogen-bond acceptors (Lipinski definition) is 3. The van der Waals surface area contributed by atoms with E-state index < -0.39 is 23.5 Å². The summed E-state index contributed by atoms with van der Waals surface area (Å²) in [6.07, 6.45) is 1.05. The van der Waals surface area contributed by atoms with E-state index in [1.54, 1.807) is 20.8 Å². The van der Waals surface area contributed by atoms with Crippen LogP contribution in [0, 0.1) is 5.41 Å². The molecule has 0 heterocycles. The predicted molar refractivity (Wildman–Crippen MR) is 79.8 cm³/mol. The Morgan fingerprint density at radius 2 is 1.85 bits per heavy atom. The molecule has 0 fully saturated rings. The molecule has 20 heavy (non-hydrogen) atoms. The summed E-state index contributed by atoms with van der Waals surface area (Å²) in [5.74, 6) is -1.02. The summed E-state index contributed by atoms with van der Waals surface area (Å²) in [4.78, 5) is 25.0. The first kappa shape index (κ1) is 18.7. The van der Waals surface area contributed by atoms with Crippen LogP contribution in [0.2, 0.25) is 0 Å². The number of hydrogen-bond donors (Lipinski definition) is 3. The highest BCUT2D eigenvalue weighted by atomic mass is 16.4. The molecule has 0 aliphatic rings. The summed E-state index contributed by atoms with van der Waals surface area (Å²) in [7, 11) is 2.00. The van der Waals surface area contributed by atoms with E-state index in [1.165, 1.54) is 0 Å². The van der Waals surface area contributed by atoms with Crippen molar-refractivity contribution in [1.29, 1.82) is 0 Å². The monoisotopic (exact) mass is 287 g/mol. The molecule has 0 bridgehead atoms. The highest BCUT2D eigenvalue weighted by Crippen LogP contribution is 2.19. The predicted octanol–water partition coefficient (Wildman–Crippen LogP) is 1.52. The van der Waals surface area contributed by atoms with Gasteiger partial charge in [0.05, 0.1) is 0 Å². The van der Waals surface area contributed by atoms with E-state index in [4.69, 9.17) is 5.11 Å². The van der Waals surface area contributed by atoms with Gasteiger partial charge in [0.2, 0.25) is 0 Å². The maximum absolute atomic E-state index is 11.7. The second kappa shape index (κ2) is 8.09. The van der Waals surface area contributed by atoms with Gasteiger partial charge in [-0.3, -0.25) is 0 Å². The van der Waals surface area contributed by atoms with Gasteiger partial charge in [-0.1, -0.05) is 27.7 Å². The molecule has 3 N–H and O–H groups in total. The lowest BCUT2D eigenvalue weighted by Gasteiger charge is -2.28. The minimum atomic E-state index is -1.02. The molecule has 0 aromatic rings. The standard InChI is InChI=1S/C14H29N3O3/c1-7-10(2)17(6)9-8-15-13(20)16-11(12(18)19)14(3,4)5/h10-11H,7-9H2,1-6H3,(H,18,19)(H2,15,16,20)/t10?,11-/m1/s1. The number of likely N-dealkylation sites (N-methyl/N-ethyl adjacent to an activating group) is 1. The lowest BCUT2D eigenvalue weighted by atomic mass is 9.87. The molecule has 118 valence electrons. The van der Waals surface area contributed by atoms with Crippen molar-refractivity contribution in [3.05, 3.63) is 0 Å². The molecule has 6 heteroatoms. The first-order valence-corrected chi connectivity index (χ1v) is 7.07. The van der Waals surface area contributed by atoms with Gasteiger partial charge < -0.3 is 20.6 Å². The fourth-order valence-corrected chi connectivity index (χ4v) is 1.71. The molecular formula is C14H29N3O3. The molecule has 0 saturated heterocycles. The summed E-state index contributed by atoms with van der Waals surface area (Å²) in [6.45, 7) is 10.8. The molecule has 2 atom stereocenters. The molecule has 0 rings (SSSR count). The number of urea groups is 1. The van der Waals surface area contributed by atoms with E-state index in [2.05, 4.69) is 29.4 Å². The molecule has 6 nitrogen and oxygen atoms in total. The average Bonchev–Trinajstić information content (AvgIpc) is 2.32. The van der Waals surface area contributed by atoms with Crippen molar-refractivity contribution < 1.29 is 14.7 Å². The van der Waals surface area contributed by atoms with Gasteiger partial charge in [0.25, 0.3) is 0 Å². The smallest absolute Gasteiger partial charge is 0.326 e. The highest BCUT2D eigenvalue weighted by Gasteiger charge is 2.32. The maximum atomic E-state index is 11.7. The van der Waals surface area contributed by atoms with Crippen LogP contribution in [-0.4, -0.2) is 54.2 Å². The Kier molecular flexibility index (Phi) is 7.57. The van der Waals surface area contributed by atoms with Crippen LogP contribution in [0.5, 0.6) is 0 Å². The third-order valence-corrected chi connectivity index (χ3v) is 3.48. The third kappa shape index (κ3) is 6.75. The SMILES string of the molecule is CCC(C)N(C)CCNC(=O)N[C@H](C(=O)O)C(C)(C)C. The number of rotatable bonds is 7. The van der Waals surface area contributed by atoms with Gasteiger partial charge in [0, 0.05) is 19.1 Å². The summed E-state index contributed by atoms with van der Waals surface area (Å²) < 4.78 is 0. The van der Waals surface area contributed by atoms with Crippen molar-refractivity contribution >= 4 is 12.0 Å². The lowest BCUT2D eigenvalue weighted by Crippen LogP contribution is -2.53. The number of nitrogens with zero attached hydrogens (tertiary/aromatic N) is 1. The van der Waals surface area contributed by atoms with Crippen LogP contribution in [0.1, 0.15) is 41.0 Å². The van der Waals surface area contributed by atoms with E-state index in [-0.39, 0.29) is 0 Å². The minimum absolute atomic E-state index is 0.440. The summed E-state index contributed by atoms with van der Waals surface area (Å²) in [5.41, 5.74) is -0.531. The lowest BCUT2D eigenvalue weighted by molar-refractivity contribution is -0.141. The van der Waals surface area contributed by atoms with E-state index >= 15 is 0 Å². The Labute approximate surface area is 121 Å². The number of carboxylic acids is 1. The van der Waals surface area contributed by atoms with E-state index in [0.29, 0.717) is 12.6 Å². The molecule has 2 amide bonds. The summed E-state index contributed by atoms with van der Waals surface area (Å²) in [6, 6.07) is -0.888. The molecule has 0 spiro atoms. The molecule has 0 aliphatic carbocycles. The molecule has 0 aliphatic heterocycles. The van der Waals surface area contributed by atoms with Gasteiger partial charge >= 0.3 is 12.0 Å². The Morgan fingerprint density at radius 1 is 1.30 bits per heavy atom. The maximum Gasteiger partial charge on any atom is 0.326 e. The number of carbonyl (C=O) groups excluding carboxylic acids is 1. The number of carbonyl (C=O) groups is 2. The van der Waals surface area contributed by atoms with E-state index in [0.717, 1.165) is 13.0 Å². The van der Waals surface area contributed by atoms with Gasteiger partial charge in [-0.2, -0.15) is 0 Å². The van der Waals surface area contributed by atoms with Crippen LogP contribution in [0.4, 0.5) is 4.79 Å². The van der Waals surface area contributed by atoms with Crippen molar-refractivity contribution in [2.45, 2.75) is 53.1 Å². The molecule has 0 aromatic carbocycles. The highest BCUT2D eigenvalue weighted by molar-refractivity contribution is 5.83. The molecule has 0 saturated carbocycles. The first-order valence-electron chi connectivity index (χ1n) is 7.07. The first-order chi connectivity index (χ1) is 9.09. The van der Waals surface area contributed by atoms with Crippen LogP contribution < -0.4 is 10.6 Å². The Balaban J connectivity index is 4.20. The van der Waals surface area contributed by atoms with Crippen molar-refractivity contribution in [1.82, 2.24) is 15.5 Å². The Hall–Kier alpha value is -1.30.